The molecule has 0 aromatic heterocycles. The zero-order valence-electron chi connectivity index (χ0n) is 16.9. The lowest BCUT2D eigenvalue weighted by molar-refractivity contribution is -0.274. The van der Waals surface area contributed by atoms with E-state index in [-0.39, 0.29) is 29.7 Å². The highest BCUT2D eigenvalue weighted by atomic mass is 19.4. The number of rotatable bonds is 3. The molecule has 4 fully saturated rings. The molecule has 4 aliphatic rings. The van der Waals surface area contributed by atoms with Gasteiger partial charge in [-0.15, -0.1) is 13.2 Å². The Balaban J connectivity index is 1.27. The highest BCUT2D eigenvalue weighted by Gasteiger charge is 2.61. The first-order valence-electron chi connectivity index (χ1n) is 10.9. The second kappa shape index (κ2) is 7.41. The first-order chi connectivity index (χ1) is 14.3. The van der Waals surface area contributed by atoms with Gasteiger partial charge in [-0.05, 0) is 37.0 Å². The first-order valence-corrected chi connectivity index (χ1v) is 10.9. The molecule has 164 valence electrons. The topological polar surface area (TPSA) is 42.0 Å². The van der Waals surface area contributed by atoms with E-state index >= 15 is 0 Å². The molecule has 0 bridgehead atoms. The molecule has 5 rings (SSSR count). The van der Waals surface area contributed by atoms with Crippen molar-refractivity contribution >= 4 is 5.91 Å². The predicted octanol–water partition coefficient (Wildman–Crippen LogP) is 4.07. The van der Waals surface area contributed by atoms with Gasteiger partial charge in [0.1, 0.15) is 11.5 Å². The fraction of sp³-hybridized carbons (Fsp3) is 0.682. The van der Waals surface area contributed by atoms with E-state index in [1.54, 1.807) is 12.1 Å². The number of nitrogens with zero attached hydrogens (tertiary/aromatic N) is 2. The Morgan fingerprint density at radius 3 is 2.67 bits per heavy atom. The van der Waals surface area contributed by atoms with E-state index in [4.69, 9.17) is 4.74 Å². The second-order valence-electron chi connectivity index (χ2n) is 9.03. The number of alkyl halides is 3. The van der Waals surface area contributed by atoms with Crippen LogP contribution in [0.3, 0.4) is 0 Å². The summed E-state index contributed by atoms with van der Waals surface area (Å²) in [5.74, 6) is 0.323. The lowest BCUT2D eigenvalue weighted by atomic mass is 9.79. The van der Waals surface area contributed by atoms with Crippen LogP contribution < -0.4 is 4.74 Å². The lowest BCUT2D eigenvalue weighted by Gasteiger charge is -2.52. The molecule has 0 N–H and O–H groups in total. The van der Waals surface area contributed by atoms with Gasteiger partial charge in [-0.25, -0.2) is 0 Å². The maximum atomic E-state index is 12.8. The van der Waals surface area contributed by atoms with Gasteiger partial charge in [0.05, 0.1) is 12.1 Å². The Labute approximate surface area is 174 Å². The van der Waals surface area contributed by atoms with Crippen LogP contribution in [0.4, 0.5) is 13.2 Å². The SMILES string of the molecule is O=C1CC[C@@H]2CN(Cc3ccc(OC(F)(F)F)cc3)CC[C@@]23O[C@H]2CCCC[C@@H]2N13. The second-order valence-corrected chi connectivity index (χ2v) is 9.03. The largest absolute Gasteiger partial charge is 0.573 e. The van der Waals surface area contributed by atoms with Crippen LogP contribution in [0, 0.1) is 5.92 Å². The Kier molecular flexibility index (Phi) is 4.97. The molecule has 4 atom stereocenters. The van der Waals surface area contributed by atoms with Gasteiger partial charge in [-0.1, -0.05) is 25.0 Å². The third kappa shape index (κ3) is 3.58. The highest BCUT2D eigenvalue weighted by molar-refractivity contribution is 5.79. The van der Waals surface area contributed by atoms with E-state index in [1.807, 2.05) is 0 Å². The average molecular weight is 424 g/mol. The maximum Gasteiger partial charge on any atom is 0.573 e. The van der Waals surface area contributed by atoms with Crippen LogP contribution in [-0.2, 0) is 16.1 Å². The van der Waals surface area contributed by atoms with Gasteiger partial charge >= 0.3 is 6.36 Å². The van der Waals surface area contributed by atoms with E-state index in [0.29, 0.717) is 13.0 Å². The van der Waals surface area contributed by atoms with Crippen LogP contribution in [0.2, 0.25) is 0 Å². The molecular formula is C22H27F3N2O3. The van der Waals surface area contributed by atoms with Crippen LogP contribution in [0.5, 0.6) is 5.75 Å². The number of carbonyl (C=O) groups excluding carboxylic acids is 1. The van der Waals surface area contributed by atoms with Gasteiger partial charge in [0.2, 0.25) is 5.91 Å². The summed E-state index contributed by atoms with van der Waals surface area (Å²) in [5.41, 5.74) is 0.501. The Morgan fingerprint density at radius 1 is 1.13 bits per heavy atom. The first kappa shape index (κ1) is 20.1. The summed E-state index contributed by atoms with van der Waals surface area (Å²) in [6, 6.07) is 6.33. The number of piperidine rings is 2. The number of fused-ring (bicyclic) bond motifs is 2. The molecule has 0 unspecified atom stereocenters. The Bertz CT molecular complexity index is 800. The monoisotopic (exact) mass is 424 g/mol. The van der Waals surface area contributed by atoms with Gasteiger partial charge in [-0.2, -0.15) is 0 Å². The average Bonchev–Trinajstić information content (AvgIpc) is 3.04. The van der Waals surface area contributed by atoms with E-state index in [1.165, 1.54) is 18.6 Å². The number of carbonyl (C=O) groups is 1. The molecular weight excluding hydrogens is 397 g/mol. The van der Waals surface area contributed by atoms with Crippen molar-refractivity contribution < 1.29 is 27.4 Å². The number of hydrogen-bond donors (Lipinski definition) is 0. The standard InChI is InChI=1S/C22H27F3N2O3/c23-22(24,25)29-17-8-5-15(6-9-17)13-26-12-11-21-16(14-26)7-10-20(28)27(21)18-3-1-2-4-19(18)30-21/h5-6,8-9,16,18-19H,1-4,7,10-14H2/t16-,18+,19+,21-/m1/s1. The molecule has 1 amide bonds. The zero-order chi connectivity index (χ0) is 20.9. The number of benzene rings is 1. The third-order valence-electron chi connectivity index (χ3n) is 7.20. The molecule has 3 aliphatic heterocycles. The summed E-state index contributed by atoms with van der Waals surface area (Å²) in [6.07, 6.45) is 2.13. The van der Waals surface area contributed by atoms with Crippen molar-refractivity contribution in [1.82, 2.24) is 9.80 Å². The minimum Gasteiger partial charge on any atom is -0.406 e. The van der Waals surface area contributed by atoms with Crippen molar-refractivity contribution in [2.24, 2.45) is 5.92 Å². The number of likely N-dealkylation sites (tertiary alicyclic amines) is 1. The number of hydrogen-bond acceptors (Lipinski definition) is 4. The Morgan fingerprint density at radius 2 is 1.90 bits per heavy atom. The minimum atomic E-state index is -4.68. The molecule has 0 radical (unpaired) electrons. The summed E-state index contributed by atoms with van der Waals surface area (Å²) in [7, 11) is 0. The smallest absolute Gasteiger partial charge is 0.406 e. The van der Waals surface area contributed by atoms with Crippen molar-refractivity contribution in [2.75, 3.05) is 13.1 Å². The maximum absolute atomic E-state index is 12.8. The Hall–Kier alpha value is -1.80. The van der Waals surface area contributed by atoms with Crippen molar-refractivity contribution in [3.63, 3.8) is 0 Å². The minimum absolute atomic E-state index is 0.177. The number of ether oxygens (including phenoxy) is 2. The van der Waals surface area contributed by atoms with Crippen molar-refractivity contribution in [3.8, 4) is 5.75 Å². The fourth-order valence-electron chi connectivity index (χ4n) is 5.98. The molecule has 1 aliphatic carbocycles. The van der Waals surface area contributed by atoms with Gasteiger partial charge < -0.3 is 14.4 Å². The lowest BCUT2D eigenvalue weighted by Crippen LogP contribution is -2.64. The number of amides is 1. The molecule has 5 nitrogen and oxygen atoms in total. The van der Waals surface area contributed by atoms with Crippen molar-refractivity contribution in [2.45, 2.75) is 75.7 Å². The molecule has 30 heavy (non-hydrogen) atoms. The molecule has 8 heteroatoms. The van der Waals surface area contributed by atoms with Gasteiger partial charge in [0.25, 0.3) is 0 Å². The molecule has 1 aromatic carbocycles. The van der Waals surface area contributed by atoms with Crippen LogP contribution in [0.1, 0.15) is 50.5 Å². The summed E-state index contributed by atoms with van der Waals surface area (Å²) in [5, 5.41) is 0. The molecule has 1 spiro atoms. The summed E-state index contributed by atoms with van der Waals surface area (Å²) in [6.45, 7) is 2.31. The van der Waals surface area contributed by atoms with Crippen molar-refractivity contribution in [1.29, 1.82) is 0 Å². The van der Waals surface area contributed by atoms with E-state index in [2.05, 4.69) is 14.5 Å². The van der Waals surface area contributed by atoms with E-state index in [9.17, 15) is 18.0 Å². The predicted molar refractivity (Wildman–Crippen MR) is 102 cm³/mol. The summed E-state index contributed by atoms with van der Waals surface area (Å²) < 4.78 is 47.6. The van der Waals surface area contributed by atoms with Crippen LogP contribution in [0.15, 0.2) is 24.3 Å². The van der Waals surface area contributed by atoms with Crippen LogP contribution in [0.25, 0.3) is 0 Å². The normalized spacial score (nSPS) is 34.3. The van der Waals surface area contributed by atoms with Gasteiger partial charge in [0, 0.05) is 38.4 Å². The van der Waals surface area contributed by atoms with E-state index < -0.39 is 12.1 Å². The molecule has 3 heterocycles. The van der Waals surface area contributed by atoms with Crippen LogP contribution >= 0.6 is 0 Å². The van der Waals surface area contributed by atoms with E-state index in [0.717, 1.165) is 50.8 Å². The van der Waals surface area contributed by atoms with Crippen molar-refractivity contribution in [3.05, 3.63) is 29.8 Å². The summed E-state index contributed by atoms with van der Waals surface area (Å²) >= 11 is 0. The number of halogens is 3. The van der Waals surface area contributed by atoms with Gasteiger partial charge in [-0.3, -0.25) is 9.69 Å². The summed E-state index contributed by atoms with van der Waals surface area (Å²) in [4.78, 5) is 17.3. The molecule has 3 saturated heterocycles. The molecule has 1 aromatic rings. The molecule has 1 saturated carbocycles. The fourth-order valence-corrected chi connectivity index (χ4v) is 5.98. The zero-order valence-corrected chi connectivity index (χ0v) is 16.9. The van der Waals surface area contributed by atoms with Crippen LogP contribution in [-0.4, -0.2) is 53.0 Å². The highest BCUT2D eigenvalue weighted by Crippen LogP contribution is 2.51. The quantitative estimate of drug-likeness (QED) is 0.734. The van der Waals surface area contributed by atoms with Gasteiger partial charge in [0.15, 0.2) is 0 Å². The third-order valence-corrected chi connectivity index (χ3v) is 7.20.